The Kier molecular flexibility index (Phi) is 6.02. The van der Waals surface area contributed by atoms with E-state index in [2.05, 4.69) is 5.32 Å². The number of amides is 3. The van der Waals surface area contributed by atoms with Crippen LogP contribution in [0.5, 0.6) is 0 Å². The number of rotatable bonds is 4. The zero-order valence-corrected chi connectivity index (χ0v) is 18.5. The van der Waals surface area contributed by atoms with E-state index in [1.54, 1.807) is 11.8 Å². The lowest BCUT2D eigenvalue weighted by atomic mass is 9.76. The number of nitrogens with zero attached hydrogens (tertiary/aromatic N) is 2. The van der Waals surface area contributed by atoms with E-state index in [-0.39, 0.29) is 23.7 Å². The van der Waals surface area contributed by atoms with Crippen LogP contribution in [0.25, 0.3) is 0 Å². The number of hydrogen-bond acceptors (Lipinski definition) is 5. The van der Waals surface area contributed by atoms with Gasteiger partial charge >= 0.3 is 7.12 Å². The fourth-order valence-corrected chi connectivity index (χ4v) is 4.49. The zero-order chi connectivity index (χ0) is 21.6. The number of carbonyl (C=O) groups excluding carboxylic acids is 3. The van der Waals surface area contributed by atoms with E-state index in [1.807, 2.05) is 32.6 Å². The molecule has 29 heavy (non-hydrogen) atoms. The Morgan fingerprint density at radius 2 is 1.55 bits per heavy atom. The van der Waals surface area contributed by atoms with Crippen molar-refractivity contribution in [2.75, 3.05) is 13.1 Å². The van der Waals surface area contributed by atoms with E-state index >= 15 is 0 Å². The van der Waals surface area contributed by atoms with Gasteiger partial charge in [-0.15, -0.1) is 0 Å². The Labute approximate surface area is 173 Å². The number of nitrogens with one attached hydrogen (secondary N) is 1. The summed E-state index contributed by atoms with van der Waals surface area (Å²) in [5, 5.41) is 2.62. The second-order valence-corrected chi connectivity index (χ2v) is 9.48. The average Bonchev–Trinajstić information content (AvgIpc) is 3.31. The highest BCUT2D eigenvalue weighted by atomic mass is 16.7. The van der Waals surface area contributed by atoms with Crippen molar-refractivity contribution in [3.63, 3.8) is 0 Å². The van der Waals surface area contributed by atoms with Crippen LogP contribution in [0.3, 0.4) is 0 Å². The molecule has 9 heteroatoms. The third-order valence-electron chi connectivity index (χ3n) is 6.78. The van der Waals surface area contributed by atoms with Crippen molar-refractivity contribution in [2.45, 2.75) is 96.5 Å². The van der Waals surface area contributed by atoms with Crippen LogP contribution in [-0.4, -0.2) is 77.0 Å². The molecule has 8 nitrogen and oxygen atoms in total. The van der Waals surface area contributed by atoms with E-state index < -0.39 is 30.4 Å². The summed E-state index contributed by atoms with van der Waals surface area (Å²) in [6.07, 6.45) is 3.14. The molecule has 3 amide bonds. The van der Waals surface area contributed by atoms with Crippen LogP contribution in [0.2, 0.25) is 0 Å². The van der Waals surface area contributed by atoms with Gasteiger partial charge in [0.2, 0.25) is 17.7 Å². The Morgan fingerprint density at radius 3 is 2.14 bits per heavy atom. The number of carbonyl (C=O) groups is 3. The largest absolute Gasteiger partial charge is 0.482 e. The van der Waals surface area contributed by atoms with Crippen molar-refractivity contribution in [1.82, 2.24) is 15.1 Å². The molecule has 0 unspecified atom stereocenters. The third-order valence-corrected chi connectivity index (χ3v) is 6.78. The van der Waals surface area contributed by atoms with Crippen LogP contribution in [-0.2, 0) is 23.7 Å². The Bertz CT molecular complexity index is 667. The first kappa shape index (κ1) is 22.1. The lowest BCUT2D eigenvalue weighted by Gasteiger charge is -2.33. The summed E-state index contributed by atoms with van der Waals surface area (Å²) in [7, 11) is -0.463. The number of likely N-dealkylation sites (tertiary alicyclic amines) is 2. The van der Waals surface area contributed by atoms with E-state index in [4.69, 9.17) is 9.31 Å². The van der Waals surface area contributed by atoms with Crippen LogP contribution >= 0.6 is 0 Å². The van der Waals surface area contributed by atoms with Crippen LogP contribution in [0.1, 0.15) is 67.2 Å². The summed E-state index contributed by atoms with van der Waals surface area (Å²) in [6.45, 7) is 12.3. The average molecular weight is 407 g/mol. The maximum absolute atomic E-state index is 13.4. The Morgan fingerprint density at radius 1 is 1.00 bits per heavy atom. The summed E-state index contributed by atoms with van der Waals surface area (Å²) in [4.78, 5) is 41.0. The van der Waals surface area contributed by atoms with Crippen molar-refractivity contribution in [1.29, 1.82) is 0 Å². The molecular formula is C20H34BN3O5. The molecular weight excluding hydrogens is 373 g/mol. The quantitative estimate of drug-likeness (QED) is 0.706. The molecule has 162 valence electrons. The first-order valence-electron chi connectivity index (χ1n) is 10.7. The van der Waals surface area contributed by atoms with Gasteiger partial charge < -0.3 is 24.4 Å². The van der Waals surface area contributed by atoms with Crippen LogP contribution in [0.4, 0.5) is 0 Å². The van der Waals surface area contributed by atoms with E-state index in [0.29, 0.717) is 19.5 Å². The lowest BCUT2D eigenvalue weighted by Crippen LogP contribution is -2.56. The monoisotopic (exact) mass is 407 g/mol. The summed E-state index contributed by atoms with van der Waals surface area (Å²) >= 11 is 0. The third kappa shape index (κ3) is 4.17. The molecule has 0 aromatic carbocycles. The standard InChI is InChI=1S/C20H34BN3O5/c1-13(22-14(2)25)17(26)23-11-7-9-15(23)18(27)24-12-8-10-16(24)21-28-19(3,4)20(5,6)29-21/h13,15-16H,7-12H2,1-6H3,(H,22,25)/t13-,15-,16-/m0/s1. The van der Waals surface area contributed by atoms with Crippen molar-refractivity contribution in [3.8, 4) is 0 Å². The topological polar surface area (TPSA) is 88.2 Å². The lowest BCUT2D eigenvalue weighted by molar-refractivity contribution is -0.145. The van der Waals surface area contributed by atoms with Crippen LogP contribution in [0.15, 0.2) is 0 Å². The molecule has 0 bridgehead atoms. The molecule has 3 heterocycles. The minimum atomic E-state index is -0.640. The smallest absolute Gasteiger partial charge is 0.402 e. The fraction of sp³-hybridized carbons (Fsp3) is 0.850. The molecule has 3 atom stereocenters. The van der Waals surface area contributed by atoms with Gasteiger partial charge in [0.1, 0.15) is 12.1 Å². The van der Waals surface area contributed by atoms with Gasteiger partial charge in [-0.2, -0.15) is 0 Å². The minimum Gasteiger partial charge on any atom is -0.402 e. The summed E-state index contributed by atoms with van der Waals surface area (Å²) < 4.78 is 12.4. The van der Waals surface area contributed by atoms with Crippen molar-refractivity contribution in [2.24, 2.45) is 0 Å². The first-order chi connectivity index (χ1) is 13.4. The predicted octanol–water partition coefficient (Wildman–Crippen LogP) is 1.12. The zero-order valence-electron chi connectivity index (χ0n) is 18.5. The molecule has 3 fully saturated rings. The second-order valence-electron chi connectivity index (χ2n) is 9.48. The van der Waals surface area contributed by atoms with Gasteiger partial charge in [-0.3, -0.25) is 14.4 Å². The van der Waals surface area contributed by atoms with Gasteiger partial charge in [0.15, 0.2) is 0 Å². The Balaban J connectivity index is 1.72. The molecule has 3 aliphatic heterocycles. The normalized spacial score (nSPS) is 29.2. The highest BCUT2D eigenvalue weighted by Gasteiger charge is 2.56. The molecule has 3 rings (SSSR count). The van der Waals surface area contributed by atoms with Gasteiger partial charge in [-0.1, -0.05) is 0 Å². The summed E-state index contributed by atoms with van der Waals surface area (Å²) in [5.41, 5.74) is -0.893. The molecule has 3 saturated heterocycles. The highest BCUT2D eigenvalue weighted by Crippen LogP contribution is 2.40. The van der Waals surface area contributed by atoms with Crippen molar-refractivity contribution < 1.29 is 23.7 Å². The highest BCUT2D eigenvalue weighted by molar-refractivity contribution is 6.48. The van der Waals surface area contributed by atoms with E-state index in [0.717, 1.165) is 19.3 Å². The van der Waals surface area contributed by atoms with Crippen LogP contribution in [0, 0.1) is 0 Å². The minimum absolute atomic E-state index is 0.0388. The molecule has 1 N–H and O–H groups in total. The molecule has 3 aliphatic rings. The van der Waals surface area contributed by atoms with E-state index in [1.165, 1.54) is 6.92 Å². The maximum atomic E-state index is 13.4. The van der Waals surface area contributed by atoms with Gasteiger partial charge in [0.05, 0.1) is 17.1 Å². The second kappa shape index (κ2) is 7.91. The molecule has 0 spiro atoms. The molecule has 0 aliphatic carbocycles. The molecule has 0 saturated carbocycles. The van der Waals surface area contributed by atoms with Crippen LogP contribution < -0.4 is 5.32 Å². The van der Waals surface area contributed by atoms with Crippen molar-refractivity contribution >= 4 is 24.8 Å². The number of hydrogen-bond donors (Lipinski definition) is 1. The SMILES string of the molecule is CC(=O)N[C@@H](C)C(=O)N1CCC[C@H]1C(=O)N1CCC[C@H]1B1OC(C)(C)C(C)(C)O1. The molecule has 0 aromatic heterocycles. The van der Waals surface area contributed by atoms with Gasteiger partial charge in [0, 0.05) is 20.0 Å². The van der Waals surface area contributed by atoms with Gasteiger partial charge in [-0.05, 0) is 60.3 Å². The predicted molar refractivity (Wildman–Crippen MR) is 109 cm³/mol. The maximum Gasteiger partial charge on any atom is 0.482 e. The van der Waals surface area contributed by atoms with Gasteiger partial charge in [0.25, 0.3) is 0 Å². The van der Waals surface area contributed by atoms with Crippen molar-refractivity contribution in [3.05, 3.63) is 0 Å². The first-order valence-corrected chi connectivity index (χ1v) is 10.7. The van der Waals surface area contributed by atoms with Gasteiger partial charge in [-0.25, -0.2) is 0 Å². The summed E-state index contributed by atoms with van der Waals surface area (Å²) in [5.74, 6) is -0.646. The molecule has 0 aromatic rings. The van der Waals surface area contributed by atoms with E-state index in [9.17, 15) is 14.4 Å². The fourth-order valence-electron chi connectivity index (χ4n) is 4.49. The molecule has 0 radical (unpaired) electrons. The Hall–Kier alpha value is -1.61. The summed E-state index contributed by atoms with van der Waals surface area (Å²) in [6, 6.07) is -1.12.